The standard InChI is InChI=1S/C21H21ClN4O4/c1-14-20(26(28)29)15(2)25(24-14)13-16-6-8-17(9-7-16)21(27)23-10-11-30-19-5-3-4-18(22)12-19/h3-9,12H,10-11,13H2,1-2H3,(H,23,27). The van der Waals surface area contributed by atoms with Crippen LogP contribution in [-0.2, 0) is 6.54 Å². The van der Waals surface area contributed by atoms with Gasteiger partial charge in [0.2, 0.25) is 0 Å². The van der Waals surface area contributed by atoms with Crippen LogP contribution in [0.4, 0.5) is 5.69 Å². The maximum absolute atomic E-state index is 12.3. The number of benzene rings is 2. The lowest BCUT2D eigenvalue weighted by Gasteiger charge is -2.09. The van der Waals surface area contributed by atoms with Gasteiger partial charge in [-0.25, -0.2) is 0 Å². The van der Waals surface area contributed by atoms with Crippen LogP contribution >= 0.6 is 11.6 Å². The van der Waals surface area contributed by atoms with Crippen molar-refractivity contribution in [1.29, 1.82) is 0 Å². The lowest BCUT2D eigenvalue weighted by atomic mass is 10.1. The van der Waals surface area contributed by atoms with E-state index in [4.69, 9.17) is 16.3 Å². The number of carbonyl (C=O) groups is 1. The number of hydrogen-bond acceptors (Lipinski definition) is 5. The van der Waals surface area contributed by atoms with E-state index in [1.807, 2.05) is 0 Å². The van der Waals surface area contributed by atoms with Crippen molar-refractivity contribution in [3.05, 3.63) is 86.2 Å². The molecular formula is C21H21ClN4O4. The number of nitrogens with zero attached hydrogens (tertiary/aromatic N) is 3. The molecule has 0 unspecified atom stereocenters. The second kappa shape index (κ2) is 9.41. The molecule has 3 aromatic rings. The molecule has 1 heterocycles. The highest BCUT2D eigenvalue weighted by Crippen LogP contribution is 2.22. The zero-order valence-corrected chi connectivity index (χ0v) is 17.3. The number of halogens is 1. The third-order valence-electron chi connectivity index (χ3n) is 4.53. The van der Waals surface area contributed by atoms with E-state index < -0.39 is 4.92 Å². The number of aromatic nitrogens is 2. The highest BCUT2D eigenvalue weighted by molar-refractivity contribution is 6.30. The van der Waals surface area contributed by atoms with Crippen molar-refractivity contribution >= 4 is 23.2 Å². The number of rotatable bonds is 8. The fraction of sp³-hybridized carbons (Fsp3) is 0.238. The van der Waals surface area contributed by atoms with Crippen molar-refractivity contribution in [1.82, 2.24) is 15.1 Å². The number of aryl methyl sites for hydroxylation is 1. The molecule has 0 saturated carbocycles. The van der Waals surface area contributed by atoms with Crippen molar-refractivity contribution < 1.29 is 14.5 Å². The van der Waals surface area contributed by atoms with Crippen molar-refractivity contribution in [3.63, 3.8) is 0 Å². The fourth-order valence-corrected chi connectivity index (χ4v) is 3.21. The molecule has 9 heteroatoms. The number of amides is 1. The average molecular weight is 429 g/mol. The second-order valence-electron chi connectivity index (χ2n) is 6.69. The van der Waals surface area contributed by atoms with Gasteiger partial charge in [0, 0.05) is 10.6 Å². The van der Waals surface area contributed by atoms with Gasteiger partial charge in [-0.1, -0.05) is 29.8 Å². The Bertz CT molecular complexity index is 1060. The van der Waals surface area contributed by atoms with Gasteiger partial charge in [-0.05, 0) is 49.7 Å². The first kappa shape index (κ1) is 21.3. The minimum Gasteiger partial charge on any atom is -0.492 e. The molecular weight excluding hydrogens is 408 g/mol. The van der Waals surface area contributed by atoms with Crippen LogP contribution in [0.3, 0.4) is 0 Å². The normalized spacial score (nSPS) is 10.6. The average Bonchev–Trinajstić information content (AvgIpc) is 2.99. The maximum atomic E-state index is 12.3. The number of hydrogen-bond donors (Lipinski definition) is 1. The zero-order chi connectivity index (χ0) is 21.7. The van der Waals surface area contributed by atoms with Crippen LogP contribution in [0.15, 0.2) is 48.5 Å². The first-order chi connectivity index (χ1) is 14.3. The highest BCUT2D eigenvalue weighted by atomic mass is 35.5. The van der Waals surface area contributed by atoms with Crippen LogP contribution in [0.1, 0.15) is 27.3 Å². The molecule has 0 fully saturated rings. The number of carbonyl (C=O) groups excluding carboxylic acids is 1. The quantitative estimate of drug-likeness (QED) is 0.333. The molecule has 3 rings (SSSR count). The van der Waals surface area contributed by atoms with Gasteiger partial charge in [0.15, 0.2) is 0 Å². The molecule has 0 spiro atoms. The van der Waals surface area contributed by atoms with Gasteiger partial charge >= 0.3 is 5.69 Å². The summed E-state index contributed by atoms with van der Waals surface area (Å²) >= 11 is 5.90. The first-order valence-electron chi connectivity index (χ1n) is 9.29. The lowest BCUT2D eigenvalue weighted by molar-refractivity contribution is -0.386. The Hall–Kier alpha value is -3.39. The summed E-state index contributed by atoms with van der Waals surface area (Å²) in [5, 5.41) is 18.7. The Morgan fingerprint density at radius 2 is 1.97 bits per heavy atom. The molecule has 8 nitrogen and oxygen atoms in total. The van der Waals surface area contributed by atoms with Gasteiger partial charge in [-0.15, -0.1) is 0 Å². The molecule has 156 valence electrons. The predicted octanol–water partition coefficient (Wildman–Crippen LogP) is 3.92. The van der Waals surface area contributed by atoms with Crippen LogP contribution in [-0.4, -0.2) is 33.8 Å². The van der Waals surface area contributed by atoms with E-state index in [1.54, 1.807) is 67.1 Å². The van der Waals surface area contributed by atoms with Gasteiger partial charge in [0.25, 0.3) is 5.91 Å². The molecule has 1 N–H and O–H groups in total. The Balaban J connectivity index is 1.53. The molecule has 0 aliphatic carbocycles. The van der Waals surface area contributed by atoms with Crippen molar-refractivity contribution in [2.75, 3.05) is 13.2 Å². The summed E-state index contributed by atoms with van der Waals surface area (Å²) in [6.07, 6.45) is 0. The molecule has 0 atom stereocenters. The smallest absolute Gasteiger partial charge is 0.312 e. The number of nitro groups is 1. The number of ether oxygens (including phenoxy) is 1. The monoisotopic (exact) mass is 428 g/mol. The summed E-state index contributed by atoms with van der Waals surface area (Å²) in [7, 11) is 0. The minimum absolute atomic E-state index is 0.0333. The Labute approximate surface area is 178 Å². The van der Waals surface area contributed by atoms with E-state index in [2.05, 4.69) is 10.4 Å². The topological polar surface area (TPSA) is 99.3 Å². The van der Waals surface area contributed by atoms with E-state index in [0.29, 0.717) is 47.4 Å². The maximum Gasteiger partial charge on any atom is 0.312 e. The van der Waals surface area contributed by atoms with Gasteiger partial charge in [0.05, 0.1) is 18.0 Å². The van der Waals surface area contributed by atoms with Gasteiger partial charge in [0.1, 0.15) is 23.7 Å². The highest BCUT2D eigenvalue weighted by Gasteiger charge is 2.21. The fourth-order valence-electron chi connectivity index (χ4n) is 3.03. The number of nitrogens with one attached hydrogen (secondary N) is 1. The van der Waals surface area contributed by atoms with Crippen molar-refractivity contribution in [2.24, 2.45) is 0 Å². The van der Waals surface area contributed by atoms with Crippen LogP contribution in [0.5, 0.6) is 5.75 Å². The Morgan fingerprint density at radius 1 is 1.23 bits per heavy atom. The molecule has 0 aliphatic heterocycles. The summed E-state index contributed by atoms with van der Waals surface area (Å²) in [6.45, 7) is 4.34. The SMILES string of the molecule is Cc1nn(Cc2ccc(C(=O)NCCOc3cccc(Cl)c3)cc2)c(C)c1[N+](=O)[O-]. The predicted molar refractivity (Wildman–Crippen MR) is 113 cm³/mol. The second-order valence-corrected chi connectivity index (χ2v) is 7.13. The first-order valence-corrected chi connectivity index (χ1v) is 9.67. The third kappa shape index (κ3) is 5.15. The Morgan fingerprint density at radius 3 is 2.60 bits per heavy atom. The summed E-state index contributed by atoms with van der Waals surface area (Å²) in [5.41, 5.74) is 2.32. The zero-order valence-electron chi connectivity index (χ0n) is 16.6. The molecule has 0 aliphatic rings. The molecule has 2 aromatic carbocycles. The Kier molecular flexibility index (Phi) is 6.68. The van der Waals surface area contributed by atoms with E-state index in [9.17, 15) is 14.9 Å². The van der Waals surface area contributed by atoms with Crippen LogP contribution in [0, 0.1) is 24.0 Å². The summed E-state index contributed by atoms with van der Waals surface area (Å²) in [4.78, 5) is 23.0. The van der Waals surface area contributed by atoms with Gasteiger partial charge in [-0.2, -0.15) is 5.10 Å². The van der Waals surface area contributed by atoms with E-state index in [-0.39, 0.29) is 11.6 Å². The third-order valence-corrected chi connectivity index (χ3v) is 4.76. The van der Waals surface area contributed by atoms with Gasteiger partial charge in [-0.3, -0.25) is 19.6 Å². The molecule has 1 aromatic heterocycles. The van der Waals surface area contributed by atoms with E-state index >= 15 is 0 Å². The summed E-state index contributed by atoms with van der Waals surface area (Å²) in [6, 6.07) is 14.1. The molecule has 0 saturated heterocycles. The van der Waals surface area contributed by atoms with Crippen LogP contribution in [0.25, 0.3) is 0 Å². The molecule has 1 amide bonds. The van der Waals surface area contributed by atoms with E-state index in [1.165, 1.54) is 0 Å². The van der Waals surface area contributed by atoms with Crippen LogP contribution in [0.2, 0.25) is 5.02 Å². The minimum atomic E-state index is -0.419. The molecule has 0 radical (unpaired) electrons. The summed E-state index contributed by atoms with van der Waals surface area (Å²) < 4.78 is 7.13. The molecule has 0 bridgehead atoms. The van der Waals surface area contributed by atoms with E-state index in [0.717, 1.165) is 5.56 Å². The van der Waals surface area contributed by atoms with Gasteiger partial charge < -0.3 is 10.1 Å². The molecule has 30 heavy (non-hydrogen) atoms. The van der Waals surface area contributed by atoms with Crippen molar-refractivity contribution in [3.8, 4) is 5.75 Å². The lowest BCUT2D eigenvalue weighted by Crippen LogP contribution is -2.28. The largest absolute Gasteiger partial charge is 0.492 e. The van der Waals surface area contributed by atoms with Crippen LogP contribution < -0.4 is 10.1 Å². The van der Waals surface area contributed by atoms with Crippen molar-refractivity contribution in [2.45, 2.75) is 20.4 Å². The summed E-state index contributed by atoms with van der Waals surface area (Å²) in [5.74, 6) is 0.434.